The van der Waals surface area contributed by atoms with Gasteiger partial charge in [-0.3, -0.25) is 4.79 Å². The summed E-state index contributed by atoms with van der Waals surface area (Å²) in [5.41, 5.74) is 1.88. The lowest BCUT2D eigenvalue weighted by Crippen LogP contribution is -2.33. The van der Waals surface area contributed by atoms with Gasteiger partial charge in [-0.2, -0.15) is 0 Å². The predicted molar refractivity (Wildman–Crippen MR) is 105 cm³/mol. The molecular weight excluding hydrogens is 346 g/mol. The molecule has 0 unspecified atom stereocenters. The van der Waals surface area contributed by atoms with Gasteiger partial charge in [-0.25, -0.2) is 0 Å². The molecule has 1 atom stereocenters. The molecular formula is C20H21N3O2S. The van der Waals surface area contributed by atoms with E-state index in [1.165, 1.54) is 11.8 Å². The Morgan fingerprint density at radius 2 is 1.77 bits per heavy atom. The van der Waals surface area contributed by atoms with E-state index in [0.29, 0.717) is 13.2 Å². The Bertz CT molecular complexity index is 887. The summed E-state index contributed by atoms with van der Waals surface area (Å²) in [4.78, 5) is 12.2. The third-order valence-electron chi connectivity index (χ3n) is 3.96. The predicted octanol–water partition coefficient (Wildman–Crippen LogP) is 3.54. The highest BCUT2D eigenvalue weighted by molar-refractivity contribution is 8.00. The normalized spacial score (nSPS) is 12.1. The van der Waals surface area contributed by atoms with Gasteiger partial charge in [-0.1, -0.05) is 66.4 Å². The van der Waals surface area contributed by atoms with Crippen LogP contribution in [0.2, 0.25) is 0 Å². The summed E-state index contributed by atoms with van der Waals surface area (Å²) in [5.74, 6) is -0.0370. The summed E-state index contributed by atoms with van der Waals surface area (Å²) in [7, 11) is 1.61. The zero-order chi connectivity index (χ0) is 18.4. The zero-order valence-electron chi connectivity index (χ0n) is 14.8. The topological polar surface area (TPSA) is 64.1 Å². The van der Waals surface area contributed by atoms with E-state index >= 15 is 0 Å². The third-order valence-corrected chi connectivity index (χ3v) is 5.06. The van der Waals surface area contributed by atoms with Gasteiger partial charge >= 0.3 is 0 Å². The van der Waals surface area contributed by atoms with E-state index < -0.39 is 0 Å². The van der Waals surface area contributed by atoms with Crippen LogP contribution >= 0.6 is 11.8 Å². The van der Waals surface area contributed by atoms with Crippen molar-refractivity contribution in [3.05, 3.63) is 54.6 Å². The Kier molecular flexibility index (Phi) is 6.20. The van der Waals surface area contributed by atoms with Crippen LogP contribution in [0.4, 0.5) is 0 Å². The lowest BCUT2D eigenvalue weighted by molar-refractivity contribution is -0.120. The minimum atomic E-state index is -0.271. The van der Waals surface area contributed by atoms with Gasteiger partial charge < -0.3 is 10.1 Å². The van der Waals surface area contributed by atoms with Crippen molar-refractivity contribution in [2.75, 3.05) is 20.3 Å². The van der Waals surface area contributed by atoms with Gasteiger partial charge in [0.1, 0.15) is 10.7 Å². The van der Waals surface area contributed by atoms with Crippen molar-refractivity contribution in [2.45, 2.75) is 17.2 Å². The van der Waals surface area contributed by atoms with Gasteiger partial charge in [0.25, 0.3) is 0 Å². The molecule has 0 aliphatic rings. The second-order valence-corrected chi connectivity index (χ2v) is 7.14. The van der Waals surface area contributed by atoms with E-state index in [4.69, 9.17) is 4.74 Å². The number of ether oxygens (including phenoxy) is 1. The highest BCUT2D eigenvalue weighted by Gasteiger charge is 2.18. The molecule has 0 spiro atoms. The minimum absolute atomic E-state index is 0.0370. The van der Waals surface area contributed by atoms with Crippen molar-refractivity contribution in [1.29, 1.82) is 0 Å². The molecule has 26 heavy (non-hydrogen) atoms. The van der Waals surface area contributed by atoms with Gasteiger partial charge in [0.2, 0.25) is 5.91 Å². The zero-order valence-corrected chi connectivity index (χ0v) is 15.6. The molecule has 1 aromatic heterocycles. The molecule has 0 fully saturated rings. The van der Waals surface area contributed by atoms with Crippen molar-refractivity contribution < 1.29 is 9.53 Å². The van der Waals surface area contributed by atoms with Crippen LogP contribution in [0.15, 0.2) is 59.6 Å². The number of hydrogen-bond acceptors (Lipinski definition) is 5. The maximum Gasteiger partial charge on any atom is 0.233 e. The molecule has 2 aromatic carbocycles. The number of carbonyl (C=O) groups excluding carboxylic acids is 1. The largest absolute Gasteiger partial charge is 0.383 e. The fourth-order valence-corrected chi connectivity index (χ4v) is 3.53. The minimum Gasteiger partial charge on any atom is -0.383 e. The lowest BCUT2D eigenvalue weighted by Gasteiger charge is -2.13. The molecule has 6 heteroatoms. The Morgan fingerprint density at radius 1 is 1.08 bits per heavy atom. The summed E-state index contributed by atoms with van der Waals surface area (Å²) in [6.45, 7) is 2.87. The summed E-state index contributed by atoms with van der Waals surface area (Å²) in [5, 5.41) is 14.2. The standard InChI is InChI=1S/C20H21N3O2S/c1-14(19(24)21-12-13-25-2)26-20-17-11-7-6-10-16(17)18(22-23-20)15-8-4-3-5-9-15/h3-11,14H,12-13H2,1-2H3,(H,21,24)/t14-/m0/s1. The SMILES string of the molecule is COCCNC(=O)[C@H](C)Sc1nnc(-c2ccccc2)c2ccccc12. The first kappa shape index (κ1) is 18.4. The molecule has 0 bridgehead atoms. The Labute approximate surface area is 157 Å². The molecule has 0 saturated heterocycles. The van der Waals surface area contributed by atoms with Crippen LogP contribution in [0.3, 0.4) is 0 Å². The van der Waals surface area contributed by atoms with Crippen molar-refractivity contribution >= 4 is 28.4 Å². The highest BCUT2D eigenvalue weighted by Crippen LogP contribution is 2.33. The first-order chi connectivity index (χ1) is 12.7. The number of methoxy groups -OCH3 is 1. The third kappa shape index (κ3) is 4.20. The van der Waals surface area contributed by atoms with Gasteiger partial charge in [-0.05, 0) is 6.92 Å². The van der Waals surface area contributed by atoms with Crippen molar-refractivity contribution in [2.24, 2.45) is 0 Å². The van der Waals surface area contributed by atoms with Crippen molar-refractivity contribution in [3.8, 4) is 11.3 Å². The van der Waals surface area contributed by atoms with Crippen LogP contribution in [0, 0.1) is 0 Å². The molecule has 5 nitrogen and oxygen atoms in total. The second kappa shape index (κ2) is 8.78. The number of aromatic nitrogens is 2. The van der Waals surface area contributed by atoms with E-state index in [1.54, 1.807) is 7.11 Å². The van der Waals surface area contributed by atoms with E-state index in [0.717, 1.165) is 27.1 Å². The molecule has 0 aliphatic carbocycles. The fourth-order valence-electron chi connectivity index (χ4n) is 2.62. The number of nitrogens with zero attached hydrogens (tertiary/aromatic N) is 2. The van der Waals surface area contributed by atoms with Crippen LogP contribution in [0.25, 0.3) is 22.0 Å². The van der Waals surface area contributed by atoms with Crippen molar-refractivity contribution in [3.63, 3.8) is 0 Å². The highest BCUT2D eigenvalue weighted by atomic mass is 32.2. The van der Waals surface area contributed by atoms with Crippen LogP contribution in [-0.4, -0.2) is 41.6 Å². The van der Waals surface area contributed by atoms with Gasteiger partial charge in [0.05, 0.1) is 11.9 Å². The number of fused-ring (bicyclic) bond motifs is 1. The molecule has 3 rings (SSSR count). The van der Waals surface area contributed by atoms with E-state index in [1.807, 2.05) is 61.5 Å². The van der Waals surface area contributed by atoms with Crippen LogP contribution in [0.5, 0.6) is 0 Å². The Morgan fingerprint density at radius 3 is 2.50 bits per heavy atom. The molecule has 3 aromatic rings. The first-order valence-corrected chi connectivity index (χ1v) is 9.33. The summed E-state index contributed by atoms with van der Waals surface area (Å²) >= 11 is 1.42. The number of nitrogens with one attached hydrogen (secondary N) is 1. The monoisotopic (exact) mass is 367 g/mol. The average molecular weight is 367 g/mol. The molecule has 1 amide bonds. The van der Waals surface area contributed by atoms with Crippen LogP contribution < -0.4 is 5.32 Å². The Balaban J connectivity index is 1.88. The number of rotatable bonds is 7. The van der Waals surface area contributed by atoms with Gasteiger partial charge in [-0.15, -0.1) is 10.2 Å². The second-order valence-electron chi connectivity index (χ2n) is 5.81. The number of benzene rings is 2. The summed E-state index contributed by atoms with van der Waals surface area (Å²) in [6.07, 6.45) is 0. The molecule has 1 heterocycles. The molecule has 0 saturated carbocycles. The molecule has 0 radical (unpaired) electrons. The van der Waals surface area contributed by atoms with E-state index in [-0.39, 0.29) is 11.2 Å². The quantitative estimate of drug-likeness (QED) is 0.511. The number of hydrogen-bond donors (Lipinski definition) is 1. The van der Waals surface area contributed by atoms with Gasteiger partial charge in [0, 0.05) is 30.0 Å². The van der Waals surface area contributed by atoms with E-state index in [9.17, 15) is 4.79 Å². The molecule has 134 valence electrons. The molecule has 1 N–H and O–H groups in total. The average Bonchev–Trinajstić information content (AvgIpc) is 2.69. The first-order valence-electron chi connectivity index (χ1n) is 8.45. The number of carbonyl (C=O) groups is 1. The van der Waals surface area contributed by atoms with Crippen molar-refractivity contribution in [1.82, 2.24) is 15.5 Å². The number of amides is 1. The number of thioether (sulfide) groups is 1. The van der Waals surface area contributed by atoms with Gasteiger partial charge in [0.15, 0.2) is 0 Å². The Hall–Kier alpha value is -2.44. The fraction of sp³-hybridized carbons (Fsp3) is 0.250. The lowest BCUT2D eigenvalue weighted by atomic mass is 10.1. The maximum absolute atomic E-state index is 12.2. The molecule has 0 aliphatic heterocycles. The van der Waals surface area contributed by atoms with Crippen LogP contribution in [0.1, 0.15) is 6.92 Å². The smallest absolute Gasteiger partial charge is 0.233 e. The van der Waals surface area contributed by atoms with Crippen LogP contribution in [-0.2, 0) is 9.53 Å². The van der Waals surface area contributed by atoms with E-state index in [2.05, 4.69) is 15.5 Å². The maximum atomic E-state index is 12.2. The summed E-state index contributed by atoms with van der Waals surface area (Å²) in [6, 6.07) is 18.0. The summed E-state index contributed by atoms with van der Waals surface area (Å²) < 4.78 is 4.96.